The van der Waals surface area contributed by atoms with Gasteiger partial charge in [0.1, 0.15) is 5.75 Å². The van der Waals surface area contributed by atoms with E-state index in [2.05, 4.69) is 17.6 Å². The summed E-state index contributed by atoms with van der Waals surface area (Å²) in [5, 5.41) is 6.45. The van der Waals surface area contributed by atoms with Crippen LogP contribution in [-0.2, 0) is 0 Å². The van der Waals surface area contributed by atoms with Crippen LogP contribution in [-0.4, -0.2) is 31.6 Å². The van der Waals surface area contributed by atoms with Crippen LogP contribution < -0.4 is 15.4 Å². The van der Waals surface area contributed by atoms with E-state index in [4.69, 9.17) is 4.74 Å². The Kier molecular flexibility index (Phi) is 4.20. The highest BCUT2D eigenvalue weighted by Crippen LogP contribution is 2.13. The van der Waals surface area contributed by atoms with E-state index in [1.54, 1.807) is 31.4 Å². The van der Waals surface area contributed by atoms with Crippen molar-refractivity contribution >= 4 is 5.91 Å². The van der Waals surface area contributed by atoms with Crippen molar-refractivity contribution in [1.82, 2.24) is 10.6 Å². The summed E-state index contributed by atoms with van der Waals surface area (Å²) in [4.78, 5) is 12.1. The van der Waals surface area contributed by atoms with E-state index in [9.17, 15) is 4.79 Å². The predicted octanol–water partition coefficient (Wildman–Crippen LogP) is 1.57. The minimum Gasteiger partial charge on any atom is -0.497 e. The van der Waals surface area contributed by atoms with Crippen LogP contribution in [0.3, 0.4) is 0 Å². The lowest BCUT2D eigenvalue weighted by molar-refractivity contribution is 0.0920. The van der Waals surface area contributed by atoms with E-state index >= 15 is 0 Å². The van der Waals surface area contributed by atoms with Crippen molar-refractivity contribution in [3.05, 3.63) is 29.8 Å². The molecule has 1 fully saturated rings. The first kappa shape index (κ1) is 12.9. The maximum absolute atomic E-state index is 12.1. The molecule has 0 radical (unpaired) electrons. The number of nitrogens with one attached hydrogen (secondary N) is 2. The van der Waals surface area contributed by atoms with Crippen LogP contribution in [0, 0.1) is 0 Å². The van der Waals surface area contributed by atoms with E-state index < -0.39 is 0 Å². The third kappa shape index (κ3) is 3.01. The van der Waals surface area contributed by atoms with Crippen molar-refractivity contribution < 1.29 is 9.53 Å². The first-order valence-corrected chi connectivity index (χ1v) is 6.39. The van der Waals surface area contributed by atoms with Crippen LogP contribution >= 0.6 is 0 Å². The first-order chi connectivity index (χ1) is 8.70. The quantitative estimate of drug-likeness (QED) is 0.853. The molecule has 4 heteroatoms. The summed E-state index contributed by atoms with van der Waals surface area (Å²) in [5.74, 6) is 0.748. The summed E-state index contributed by atoms with van der Waals surface area (Å²) >= 11 is 0. The van der Waals surface area contributed by atoms with E-state index in [0.717, 1.165) is 25.1 Å². The van der Waals surface area contributed by atoms with Crippen molar-refractivity contribution in [3.63, 3.8) is 0 Å². The van der Waals surface area contributed by atoms with Crippen molar-refractivity contribution in [1.29, 1.82) is 0 Å². The Hall–Kier alpha value is -1.55. The second-order valence-corrected chi connectivity index (χ2v) is 4.69. The fourth-order valence-electron chi connectivity index (χ4n) is 2.24. The Morgan fingerprint density at radius 3 is 2.72 bits per heavy atom. The maximum Gasteiger partial charge on any atom is 0.251 e. The van der Waals surface area contributed by atoms with E-state index in [-0.39, 0.29) is 11.9 Å². The molecule has 2 rings (SSSR count). The van der Waals surface area contributed by atoms with Gasteiger partial charge in [0.05, 0.1) is 7.11 Å². The molecular formula is C14H20N2O2. The number of hydrogen-bond acceptors (Lipinski definition) is 3. The number of hydrogen-bond donors (Lipinski definition) is 2. The fourth-order valence-corrected chi connectivity index (χ4v) is 2.24. The molecule has 0 spiro atoms. The van der Waals surface area contributed by atoms with Crippen LogP contribution in [0.5, 0.6) is 5.75 Å². The van der Waals surface area contributed by atoms with Crippen molar-refractivity contribution in [2.24, 2.45) is 0 Å². The van der Waals surface area contributed by atoms with Gasteiger partial charge in [-0.15, -0.1) is 0 Å². The smallest absolute Gasteiger partial charge is 0.251 e. The van der Waals surface area contributed by atoms with E-state index in [0.29, 0.717) is 11.6 Å². The molecule has 2 N–H and O–H groups in total. The average molecular weight is 248 g/mol. The lowest BCUT2D eigenvalue weighted by Gasteiger charge is -2.30. The number of benzene rings is 1. The van der Waals surface area contributed by atoms with Gasteiger partial charge in [-0.2, -0.15) is 0 Å². The lowest BCUT2D eigenvalue weighted by atomic mass is 9.99. The summed E-state index contributed by atoms with van der Waals surface area (Å²) in [6.45, 7) is 3.15. The Morgan fingerprint density at radius 2 is 2.11 bits per heavy atom. The molecule has 0 bridgehead atoms. The van der Waals surface area contributed by atoms with E-state index in [1.165, 1.54) is 0 Å². The van der Waals surface area contributed by atoms with Gasteiger partial charge in [0.25, 0.3) is 5.91 Å². The highest BCUT2D eigenvalue weighted by Gasteiger charge is 2.22. The summed E-state index contributed by atoms with van der Waals surface area (Å²) < 4.78 is 5.07. The van der Waals surface area contributed by atoms with Gasteiger partial charge in [0.2, 0.25) is 0 Å². The SMILES string of the molecule is COc1ccc(C(=O)NC2CCCNC2C)cc1. The van der Waals surface area contributed by atoms with Crippen LogP contribution in [0.4, 0.5) is 0 Å². The number of carbonyl (C=O) groups is 1. The molecule has 4 nitrogen and oxygen atoms in total. The van der Waals surface area contributed by atoms with Crippen molar-refractivity contribution in [2.45, 2.75) is 31.8 Å². The van der Waals surface area contributed by atoms with Gasteiger partial charge in [0, 0.05) is 17.6 Å². The zero-order chi connectivity index (χ0) is 13.0. The van der Waals surface area contributed by atoms with Crippen molar-refractivity contribution in [2.75, 3.05) is 13.7 Å². The van der Waals surface area contributed by atoms with Crippen LogP contribution in [0.2, 0.25) is 0 Å². The number of amides is 1. The van der Waals surface area contributed by atoms with Gasteiger partial charge < -0.3 is 15.4 Å². The Morgan fingerprint density at radius 1 is 1.39 bits per heavy atom. The summed E-state index contributed by atoms with van der Waals surface area (Å²) in [6.07, 6.45) is 2.15. The average Bonchev–Trinajstić information content (AvgIpc) is 2.41. The number of piperidine rings is 1. The Balaban J connectivity index is 1.97. The molecule has 0 aromatic heterocycles. The molecule has 1 aliphatic rings. The van der Waals surface area contributed by atoms with Gasteiger partial charge in [-0.3, -0.25) is 4.79 Å². The zero-order valence-electron chi connectivity index (χ0n) is 10.9. The molecule has 98 valence electrons. The molecular weight excluding hydrogens is 228 g/mol. The number of carbonyl (C=O) groups excluding carboxylic acids is 1. The first-order valence-electron chi connectivity index (χ1n) is 6.39. The third-order valence-electron chi connectivity index (χ3n) is 3.43. The minimum atomic E-state index is -0.0156. The van der Waals surface area contributed by atoms with Gasteiger partial charge in [-0.25, -0.2) is 0 Å². The molecule has 1 aliphatic heterocycles. The molecule has 1 aromatic carbocycles. The van der Waals surface area contributed by atoms with Gasteiger partial charge in [-0.1, -0.05) is 0 Å². The molecule has 1 aromatic rings. The topological polar surface area (TPSA) is 50.4 Å². The highest BCUT2D eigenvalue weighted by molar-refractivity contribution is 5.94. The third-order valence-corrected chi connectivity index (χ3v) is 3.43. The van der Waals surface area contributed by atoms with Crippen LogP contribution in [0.1, 0.15) is 30.1 Å². The Bertz CT molecular complexity index is 403. The van der Waals surface area contributed by atoms with Gasteiger partial charge >= 0.3 is 0 Å². The van der Waals surface area contributed by atoms with Gasteiger partial charge in [0.15, 0.2) is 0 Å². The molecule has 1 saturated heterocycles. The van der Waals surface area contributed by atoms with Crippen molar-refractivity contribution in [3.8, 4) is 5.75 Å². The summed E-state index contributed by atoms with van der Waals surface area (Å²) in [7, 11) is 1.62. The standard InChI is InChI=1S/C14H20N2O2/c1-10-13(4-3-9-15-10)16-14(17)11-5-7-12(18-2)8-6-11/h5-8,10,13,15H,3-4,9H2,1-2H3,(H,16,17). The second-order valence-electron chi connectivity index (χ2n) is 4.69. The van der Waals surface area contributed by atoms with Crippen LogP contribution in [0.15, 0.2) is 24.3 Å². The van der Waals surface area contributed by atoms with Crippen LogP contribution in [0.25, 0.3) is 0 Å². The largest absolute Gasteiger partial charge is 0.497 e. The normalized spacial score (nSPS) is 23.4. The molecule has 18 heavy (non-hydrogen) atoms. The predicted molar refractivity (Wildman–Crippen MR) is 70.9 cm³/mol. The summed E-state index contributed by atoms with van der Waals surface area (Å²) in [6, 6.07) is 7.73. The molecule has 1 amide bonds. The zero-order valence-corrected chi connectivity index (χ0v) is 10.9. The summed E-state index contributed by atoms with van der Waals surface area (Å²) in [5.41, 5.74) is 0.675. The second kappa shape index (κ2) is 5.87. The minimum absolute atomic E-state index is 0.0156. The molecule has 2 unspecified atom stereocenters. The highest BCUT2D eigenvalue weighted by atomic mass is 16.5. The number of methoxy groups -OCH3 is 1. The lowest BCUT2D eigenvalue weighted by Crippen LogP contribution is -2.51. The van der Waals surface area contributed by atoms with Gasteiger partial charge in [-0.05, 0) is 50.6 Å². The molecule has 1 heterocycles. The van der Waals surface area contributed by atoms with E-state index in [1.807, 2.05) is 0 Å². The maximum atomic E-state index is 12.1. The molecule has 0 aliphatic carbocycles. The fraction of sp³-hybridized carbons (Fsp3) is 0.500. The Labute approximate surface area is 108 Å². The number of ether oxygens (including phenoxy) is 1. The molecule has 2 atom stereocenters. The monoisotopic (exact) mass is 248 g/mol. The number of rotatable bonds is 3. The molecule has 0 saturated carbocycles.